The van der Waals surface area contributed by atoms with E-state index in [4.69, 9.17) is 9.47 Å². The molecule has 0 bridgehead atoms. The second-order valence-corrected chi connectivity index (χ2v) is 5.91. The van der Waals surface area contributed by atoms with Gasteiger partial charge in [0.2, 0.25) is 5.75 Å². The van der Waals surface area contributed by atoms with Crippen molar-refractivity contribution in [2.45, 2.75) is 6.42 Å². The molecule has 0 aliphatic heterocycles. The van der Waals surface area contributed by atoms with Crippen LogP contribution in [0.4, 0.5) is 4.39 Å². The van der Waals surface area contributed by atoms with Gasteiger partial charge in [-0.15, -0.1) is 6.58 Å². The maximum absolute atomic E-state index is 14.7. The van der Waals surface area contributed by atoms with Gasteiger partial charge in [-0.3, -0.25) is 0 Å². The summed E-state index contributed by atoms with van der Waals surface area (Å²) >= 11 is 0. The molecule has 0 spiro atoms. The second-order valence-electron chi connectivity index (χ2n) is 5.91. The summed E-state index contributed by atoms with van der Waals surface area (Å²) in [5.74, 6) is -2.86. The van der Waals surface area contributed by atoms with Gasteiger partial charge in [0.1, 0.15) is 0 Å². The van der Waals surface area contributed by atoms with E-state index in [0.29, 0.717) is 12.0 Å². The number of benzene rings is 3. The maximum atomic E-state index is 14.7. The van der Waals surface area contributed by atoms with Gasteiger partial charge in [-0.1, -0.05) is 42.5 Å². The van der Waals surface area contributed by atoms with Crippen LogP contribution in [-0.4, -0.2) is 11.9 Å². The highest BCUT2D eigenvalue weighted by Gasteiger charge is 2.21. The van der Waals surface area contributed by atoms with E-state index in [2.05, 4.69) is 6.58 Å². The van der Waals surface area contributed by atoms with Gasteiger partial charge in [0.05, 0.1) is 11.1 Å². The molecule has 0 unspecified atom stereocenters. The first-order valence-corrected chi connectivity index (χ1v) is 8.56. The van der Waals surface area contributed by atoms with E-state index in [9.17, 15) is 14.0 Å². The van der Waals surface area contributed by atoms with Gasteiger partial charge in [0.15, 0.2) is 11.6 Å². The average molecular weight is 376 g/mol. The Hall–Kier alpha value is -3.73. The lowest BCUT2D eigenvalue weighted by atomic mass is 10.1. The quantitative estimate of drug-likeness (QED) is 0.345. The zero-order valence-electron chi connectivity index (χ0n) is 14.9. The van der Waals surface area contributed by atoms with Crippen molar-refractivity contribution in [1.29, 1.82) is 0 Å². The van der Waals surface area contributed by atoms with Gasteiger partial charge in [-0.05, 0) is 48.4 Å². The van der Waals surface area contributed by atoms with Crippen molar-refractivity contribution >= 4 is 11.9 Å². The Morgan fingerprint density at radius 2 is 1.39 bits per heavy atom. The number of carbonyl (C=O) groups excluding carboxylic acids is 2. The van der Waals surface area contributed by atoms with E-state index < -0.39 is 23.5 Å². The van der Waals surface area contributed by atoms with Crippen LogP contribution in [0.1, 0.15) is 26.3 Å². The van der Waals surface area contributed by atoms with Crippen LogP contribution in [0.2, 0.25) is 0 Å². The molecule has 0 fully saturated rings. The van der Waals surface area contributed by atoms with Gasteiger partial charge in [0, 0.05) is 0 Å². The molecule has 0 N–H and O–H groups in total. The number of hydrogen-bond acceptors (Lipinski definition) is 4. The third-order valence-corrected chi connectivity index (χ3v) is 3.87. The second kappa shape index (κ2) is 8.77. The van der Waals surface area contributed by atoms with Crippen molar-refractivity contribution in [2.75, 3.05) is 0 Å². The average Bonchev–Trinajstić information content (AvgIpc) is 2.72. The molecule has 28 heavy (non-hydrogen) atoms. The molecule has 0 atom stereocenters. The fraction of sp³-hybridized carbons (Fsp3) is 0.0435. The zero-order valence-corrected chi connectivity index (χ0v) is 14.9. The summed E-state index contributed by atoms with van der Waals surface area (Å²) in [6.45, 7) is 3.62. The summed E-state index contributed by atoms with van der Waals surface area (Å²) < 4.78 is 25.2. The molecule has 0 radical (unpaired) electrons. The third kappa shape index (κ3) is 4.51. The summed E-state index contributed by atoms with van der Waals surface area (Å²) in [7, 11) is 0. The molecule has 3 rings (SSSR count). The molecule has 140 valence electrons. The van der Waals surface area contributed by atoms with Gasteiger partial charge in [-0.2, -0.15) is 0 Å². The molecule has 0 saturated heterocycles. The highest BCUT2D eigenvalue weighted by atomic mass is 19.1. The molecule has 5 heteroatoms. The first kappa shape index (κ1) is 19.0. The van der Waals surface area contributed by atoms with Crippen molar-refractivity contribution < 1.29 is 23.5 Å². The SMILES string of the molecule is C=CCc1cc(F)c(OC(=O)c2ccccc2)c(OC(=O)c2ccccc2)c1. The van der Waals surface area contributed by atoms with Crippen LogP contribution >= 0.6 is 0 Å². The molecular formula is C23H17FO4. The van der Waals surface area contributed by atoms with Crippen molar-refractivity contribution in [2.24, 2.45) is 0 Å². The number of allylic oxidation sites excluding steroid dienone is 1. The molecule has 4 nitrogen and oxygen atoms in total. The van der Waals surface area contributed by atoms with Crippen molar-refractivity contribution in [3.05, 3.63) is 108 Å². The summed E-state index contributed by atoms with van der Waals surface area (Å²) in [5.41, 5.74) is 1.07. The van der Waals surface area contributed by atoms with Crippen LogP contribution in [-0.2, 0) is 6.42 Å². The van der Waals surface area contributed by atoms with E-state index in [1.165, 1.54) is 12.1 Å². The van der Waals surface area contributed by atoms with E-state index in [-0.39, 0.29) is 16.9 Å². The lowest BCUT2D eigenvalue weighted by molar-refractivity contribution is 0.0676. The van der Waals surface area contributed by atoms with Crippen molar-refractivity contribution in [3.8, 4) is 11.5 Å². The number of carbonyl (C=O) groups is 2. The van der Waals surface area contributed by atoms with Crippen LogP contribution in [0, 0.1) is 5.82 Å². The van der Waals surface area contributed by atoms with E-state index in [1.807, 2.05) is 0 Å². The Bertz CT molecular complexity index is 998. The molecular weight excluding hydrogens is 359 g/mol. The Labute approximate surface area is 161 Å². The fourth-order valence-electron chi connectivity index (χ4n) is 2.54. The van der Waals surface area contributed by atoms with Crippen LogP contribution in [0.25, 0.3) is 0 Å². The predicted molar refractivity (Wildman–Crippen MR) is 103 cm³/mol. The molecule has 0 heterocycles. The van der Waals surface area contributed by atoms with Crippen LogP contribution in [0.15, 0.2) is 85.5 Å². The van der Waals surface area contributed by atoms with Gasteiger partial charge < -0.3 is 9.47 Å². The first-order valence-electron chi connectivity index (χ1n) is 8.56. The highest BCUT2D eigenvalue weighted by Crippen LogP contribution is 2.33. The van der Waals surface area contributed by atoms with Gasteiger partial charge in [0.25, 0.3) is 0 Å². The molecule has 0 aliphatic rings. The Morgan fingerprint density at radius 1 is 0.857 bits per heavy atom. The lowest BCUT2D eigenvalue weighted by Gasteiger charge is -2.13. The molecule has 3 aromatic carbocycles. The van der Waals surface area contributed by atoms with Crippen molar-refractivity contribution in [3.63, 3.8) is 0 Å². The minimum atomic E-state index is -0.806. The normalized spacial score (nSPS) is 10.2. The summed E-state index contributed by atoms with van der Waals surface area (Å²) in [5, 5.41) is 0. The van der Waals surface area contributed by atoms with Crippen LogP contribution < -0.4 is 9.47 Å². The maximum Gasteiger partial charge on any atom is 0.343 e. The minimum Gasteiger partial charge on any atom is -0.419 e. The molecule has 0 saturated carbocycles. The zero-order chi connectivity index (χ0) is 19.9. The number of halogens is 1. The van der Waals surface area contributed by atoms with Crippen LogP contribution in [0.3, 0.4) is 0 Å². The molecule has 0 aromatic heterocycles. The standard InChI is InChI=1S/C23H17FO4/c1-2-9-16-14-19(24)21(28-23(26)18-12-7-4-8-13-18)20(15-16)27-22(25)17-10-5-3-6-11-17/h2-8,10-15H,1,9H2. The monoisotopic (exact) mass is 376 g/mol. The topological polar surface area (TPSA) is 52.6 Å². The largest absolute Gasteiger partial charge is 0.419 e. The highest BCUT2D eigenvalue weighted by molar-refractivity contribution is 5.93. The number of hydrogen-bond donors (Lipinski definition) is 0. The fourth-order valence-corrected chi connectivity index (χ4v) is 2.54. The van der Waals surface area contributed by atoms with Gasteiger partial charge in [-0.25, -0.2) is 14.0 Å². The lowest BCUT2D eigenvalue weighted by Crippen LogP contribution is -2.14. The van der Waals surface area contributed by atoms with Crippen molar-refractivity contribution in [1.82, 2.24) is 0 Å². The minimum absolute atomic E-state index is 0.171. The third-order valence-electron chi connectivity index (χ3n) is 3.87. The summed E-state index contributed by atoms with van der Waals surface area (Å²) in [6.07, 6.45) is 1.95. The number of esters is 2. The van der Waals surface area contributed by atoms with Gasteiger partial charge >= 0.3 is 11.9 Å². The molecule has 0 aliphatic carbocycles. The summed E-state index contributed by atoms with van der Waals surface area (Å²) in [4.78, 5) is 24.7. The van der Waals surface area contributed by atoms with E-state index >= 15 is 0 Å². The Kier molecular flexibility index (Phi) is 5.97. The molecule has 0 amide bonds. The Morgan fingerprint density at radius 3 is 1.93 bits per heavy atom. The first-order chi connectivity index (χ1) is 13.6. The van der Waals surface area contributed by atoms with E-state index in [0.717, 1.165) is 0 Å². The number of ether oxygens (including phenoxy) is 2. The smallest absolute Gasteiger partial charge is 0.343 e. The predicted octanol–water partition coefficient (Wildman–Crippen LogP) is 4.99. The van der Waals surface area contributed by atoms with Crippen LogP contribution in [0.5, 0.6) is 11.5 Å². The Balaban J connectivity index is 1.94. The van der Waals surface area contributed by atoms with E-state index in [1.54, 1.807) is 66.7 Å². The number of rotatable bonds is 6. The molecule has 3 aromatic rings. The summed E-state index contributed by atoms with van der Waals surface area (Å²) in [6, 6.07) is 19.1.